The van der Waals surface area contributed by atoms with E-state index in [0.29, 0.717) is 5.76 Å². The maximum absolute atomic E-state index is 12.7. The fourth-order valence-corrected chi connectivity index (χ4v) is 3.22. The number of rotatable bonds is 4. The Labute approximate surface area is 151 Å². The van der Waals surface area contributed by atoms with E-state index in [9.17, 15) is 4.79 Å². The molecule has 3 aromatic rings. The van der Waals surface area contributed by atoms with Crippen molar-refractivity contribution in [1.29, 1.82) is 0 Å². The molecule has 1 N–H and O–H groups in total. The Morgan fingerprint density at radius 2 is 1.77 bits per heavy atom. The molecule has 0 radical (unpaired) electrons. The van der Waals surface area contributed by atoms with Crippen molar-refractivity contribution in [2.45, 2.75) is 6.42 Å². The summed E-state index contributed by atoms with van der Waals surface area (Å²) >= 11 is 0. The molecule has 4 rings (SSSR count). The number of hydrogen-bond donors (Lipinski definition) is 1. The first kappa shape index (κ1) is 16.5. The fourth-order valence-electron chi connectivity index (χ4n) is 3.22. The minimum absolute atomic E-state index is 0.0672. The van der Waals surface area contributed by atoms with Gasteiger partial charge in [-0.25, -0.2) is 0 Å². The Hall–Kier alpha value is -2.99. The second-order valence-electron chi connectivity index (χ2n) is 6.24. The number of nitrogens with zero attached hydrogens (tertiary/aromatic N) is 3. The first-order chi connectivity index (χ1) is 12.8. The molecule has 0 saturated carbocycles. The predicted molar refractivity (Wildman–Crippen MR) is 98.3 cm³/mol. The van der Waals surface area contributed by atoms with Crippen LogP contribution in [0.25, 0.3) is 22.4 Å². The molecular weight excluding hydrogens is 328 g/mol. The molecule has 0 unspecified atom stereocenters. The molecule has 1 amide bonds. The van der Waals surface area contributed by atoms with Gasteiger partial charge < -0.3 is 14.7 Å². The summed E-state index contributed by atoms with van der Waals surface area (Å²) in [6.07, 6.45) is 3.68. The van der Waals surface area contributed by atoms with E-state index in [2.05, 4.69) is 15.5 Å². The van der Waals surface area contributed by atoms with E-state index < -0.39 is 0 Å². The van der Waals surface area contributed by atoms with Crippen LogP contribution in [-0.4, -0.2) is 47.1 Å². The molecule has 1 aliphatic rings. The van der Waals surface area contributed by atoms with Crippen LogP contribution >= 0.6 is 0 Å². The van der Waals surface area contributed by atoms with Gasteiger partial charge in [-0.2, -0.15) is 0 Å². The van der Waals surface area contributed by atoms with Gasteiger partial charge in [-0.1, -0.05) is 35.5 Å². The van der Waals surface area contributed by atoms with Crippen molar-refractivity contribution in [3.05, 3.63) is 60.6 Å². The second-order valence-corrected chi connectivity index (χ2v) is 6.24. The SMILES string of the molecule is O=C(Cc1onc(-c2ccccc2)c1-c1ccncc1)N1CCNCC1. The minimum atomic E-state index is 0.0672. The number of piperazine rings is 1. The third-order valence-electron chi connectivity index (χ3n) is 4.56. The number of benzene rings is 1. The lowest BCUT2D eigenvalue weighted by Crippen LogP contribution is -2.46. The summed E-state index contributed by atoms with van der Waals surface area (Å²) in [5.41, 5.74) is 3.52. The summed E-state index contributed by atoms with van der Waals surface area (Å²) < 4.78 is 5.63. The van der Waals surface area contributed by atoms with Gasteiger partial charge in [-0.15, -0.1) is 0 Å². The molecule has 0 aliphatic carbocycles. The van der Waals surface area contributed by atoms with Gasteiger partial charge in [-0.05, 0) is 17.7 Å². The lowest BCUT2D eigenvalue weighted by Gasteiger charge is -2.27. The Balaban J connectivity index is 1.70. The highest BCUT2D eigenvalue weighted by Crippen LogP contribution is 2.34. The van der Waals surface area contributed by atoms with Crippen molar-refractivity contribution in [2.75, 3.05) is 26.2 Å². The van der Waals surface area contributed by atoms with Gasteiger partial charge in [0.25, 0.3) is 0 Å². The summed E-state index contributed by atoms with van der Waals surface area (Å²) in [4.78, 5) is 18.7. The number of carbonyl (C=O) groups excluding carboxylic acids is 1. The van der Waals surface area contributed by atoms with E-state index in [1.165, 1.54) is 0 Å². The van der Waals surface area contributed by atoms with Crippen LogP contribution < -0.4 is 5.32 Å². The van der Waals surface area contributed by atoms with Gasteiger partial charge in [0.15, 0.2) is 5.76 Å². The summed E-state index contributed by atoms with van der Waals surface area (Å²) in [6.45, 7) is 3.11. The van der Waals surface area contributed by atoms with Gasteiger partial charge in [-0.3, -0.25) is 9.78 Å². The molecule has 6 nitrogen and oxygen atoms in total. The molecule has 3 heterocycles. The standard InChI is InChI=1S/C20H20N4O2/c25-18(24-12-10-22-11-13-24)14-17-19(15-6-8-21-9-7-15)20(23-26-17)16-4-2-1-3-5-16/h1-9,22H,10-14H2. The molecule has 1 aromatic carbocycles. The highest BCUT2D eigenvalue weighted by atomic mass is 16.5. The molecule has 2 aromatic heterocycles. The van der Waals surface area contributed by atoms with E-state index in [4.69, 9.17) is 4.52 Å². The van der Waals surface area contributed by atoms with Crippen molar-refractivity contribution in [1.82, 2.24) is 20.4 Å². The molecule has 0 atom stereocenters. The van der Waals surface area contributed by atoms with Crippen molar-refractivity contribution < 1.29 is 9.32 Å². The average Bonchev–Trinajstić information content (AvgIpc) is 3.13. The van der Waals surface area contributed by atoms with Gasteiger partial charge in [0, 0.05) is 44.1 Å². The predicted octanol–water partition coefficient (Wildman–Crippen LogP) is 2.38. The van der Waals surface area contributed by atoms with Gasteiger partial charge >= 0.3 is 0 Å². The Bertz CT molecular complexity index is 871. The summed E-state index contributed by atoms with van der Waals surface area (Å²) in [6, 6.07) is 13.7. The summed E-state index contributed by atoms with van der Waals surface area (Å²) in [5.74, 6) is 0.663. The lowest BCUT2D eigenvalue weighted by atomic mass is 9.98. The number of amides is 1. The zero-order chi connectivity index (χ0) is 17.8. The van der Waals surface area contributed by atoms with Crippen LogP contribution in [0.3, 0.4) is 0 Å². The van der Waals surface area contributed by atoms with E-state index in [1.807, 2.05) is 47.4 Å². The monoisotopic (exact) mass is 348 g/mol. The van der Waals surface area contributed by atoms with E-state index in [1.54, 1.807) is 12.4 Å². The van der Waals surface area contributed by atoms with Crippen LogP contribution in [0.1, 0.15) is 5.76 Å². The van der Waals surface area contributed by atoms with Crippen LogP contribution in [0.4, 0.5) is 0 Å². The first-order valence-corrected chi connectivity index (χ1v) is 8.76. The minimum Gasteiger partial charge on any atom is -0.360 e. The van der Waals surface area contributed by atoms with Crippen molar-refractivity contribution in [3.8, 4) is 22.4 Å². The molecule has 6 heteroatoms. The Kier molecular flexibility index (Phi) is 4.75. The number of pyridine rings is 1. The smallest absolute Gasteiger partial charge is 0.230 e. The number of aromatic nitrogens is 2. The zero-order valence-corrected chi connectivity index (χ0v) is 14.4. The van der Waals surface area contributed by atoms with E-state index >= 15 is 0 Å². The third-order valence-corrected chi connectivity index (χ3v) is 4.56. The van der Waals surface area contributed by atoms with Crippen molar-refractivity contribution >= 4 is 5.91 Å². The van der Waals surface area contributed by atoms with Gasteiger partial charge in [0.2, 0.25) is 5.91 Å². The van der Waals surface area contributed by atoms with Crippen LogP contribution in [-0.2, 0) is 11.2 Å². The fraction of sp³-hybridized carbons (Fsp3) is 0.250. The maximum atomic E-state index is 12.7. The maximum Gasteiger partial charge on any atom is 0.230 e. The first-order valence-electron chi connectivity index (χ1n) is 8.76. The van der Waals surface area contributed by atoms with E-state index in [-0.39, 0.29) is 12.3 Å². The molecule has 26 heavy (non-hydrogen) atoms. The number of carbonyl (C=O) groups is 1. The van der Waals surface area contributed by atoms with Crippen LogP contribution in [0.2, 0.25) is 0 Å². The summed E-state index contributed by atoms with van der Waals surface area (Å²) in [7, 11) is 0. The number of nitrogens with one attached hydrogen (secondary N) is 1. The van der Waals surface area contributed by atoms with E-state index in [0.717, 1.165) is 48.6 Å². The Morgan fingerprint density at radius 1 is 1.04 bits per heavy atom. The Morgan fingerprint density at radius 3 is 2.50 bits per heavy atom. The third kappa shape index (κ3) is 3.36. The summed E-state index contributed by atoms with van der Waals surface area (Å²) in [5, 5.41) is 7.54. The molecule has 132 valence electrons. The van der Waals surface area contributed by atoms with Crippen molar-refractivity contribution in [2.24, 2.45) is 0 Å². The number of hydrogen-bond acceptors (Lipinski definition) is 5. The normalized spacial score (nSPS) is 14.4. The lowest BCUT2D eigenvalue weighted by molar-refractivity contribution is -0.131. The van der Waals surface area contributed by atoms with Gasteiger partial charge in [0.1, 0.15) is 5.69 Å². The van der Waals surface area contributed by atoms with Crippen LogP contribution in [0.5, 0.6) is 0 Å². The molecular formula is C20H20N4O2. The van der Waals surface area contributed by atoms with Crippen molar-refractivity contribution in [3.63, 3.8) is 0 Å². The second kappa shape index (κ2) is 7.49. The highest BCUT2D eigenvalue weighted by molar-refractivity contribution is 5.86. The highest BCUT2D eigenvalue weighted by Gasteiger charge is 2.24. The molecule has 1 saturated heterocycles. The molecule has 0 spiro atoms. The quantitative estimate of drug-likeness (QED) is 0.784. The molecule has 1 aliphatic heterocycles. The van der Waals surface area contributed by atoms with Crippen LogP contribution in [0.15, 0.2) is 59.4 Å². The molecule has 0 bridgehead atoms. The zero-order valence-electron chi connectivity index (χ0n) is 14.4. The largest absolute Gasteiger partial charge is 0.360 e. The van der Waals surface area contributed by atoms with Crippen LogP contribution in [0, 0.1) is 0 Å². The molecule has 1 fully saturated rings. The average molecular weight is 348 g/mol. The van der Waals surface area contributed by atoms with Gasteiger partial charge in [0.05, 0.1) is 12.0 Å². The topological polar surface area (TPSA) is 71.3 Å².